The number of esters is 1. The van der Waals surface area contributed by atoms with Crippen LogP contribution in [0.4, 0.5) is 0 Å². The van der Waals surface area contributed by atoms with Gasteiger partial charge in [0.25, 0.3) is 0 Å². The van der Waals surface area contributed by atoms with E-state index >= 15 is 0 Å². The molecule has 0 aromatic carbocycles. The first-order valence-electron chi connectivity index (χ1n) is 17.1. The van der Waals surface area contributed by atoms with Crippen LogP contribution in [0.1, 0.15) is 112 Å². The number of nitrogens with zero attached hydrogens (tertiary/aromatic N) is 1. The van der Waals surface area contributed by atoms with Crippen LogP contribution >= 0.6 is 0 Å². The summed E-state index contributed by atoms with van der Waals surface area (Å²) in [6.07, 6.45) is 16.1. The molecule has 0 aromatic heterocycles. The normalized spacial score (nSPS) is 46.0. The maximum absolute atomic E-state index is 11.9. The van der Waals surface area contributed by atoms with E-state index in [1.54, 1.807) is 6.92 Å². The zero-order valence-electron chi connectivity index (χ0n) is 26.2. The second-order valence-electron chi connectivity index (χ2n) is 15.8. The van der Waals surface area contributed by atoms with E-state index in [-0.39, 0.29) is 17.5 Å². The van der Waals surface area contributed by atoms with Gasteiger partial charge in [-0.3, -0.25) is 9.69 Å². The smallest absolute Gasteiger partial charge is 0.302 e. The van der Waals surface area contributed by atoms with Crippen molar-refractivity contribution in [1.29, 1.82) is 0 Å². The van der Waals surface area contributed by atoms with Gasteiger partial charge in [0.2, 0.25) is 0 Å². The molecule has 5 nitrogen and oxygen atoms in total. The molecule has 1 aliphatic heterocycles. The molecule has 0 amide bonds. The molecule has 10 atom stereocenters. The van der Waals surface area contributed by atoms with Gasteiger partial charge in [0.15, 0.2) is 0 Å². The molecular weight excluding hydrogens is 516 g/mol. The molecule has 0 radical (unpaired) electrons. The summed E-state index contributed by atoms with van der Waals surface area (Å²) < 4.78 is 17.9. The zero-order valence-corrected chi connectivity index (χ0v) is 27.0. The first-order valence-corrected chi connectivity index (χ1v) is 18.6. The Bertz CT molecular complexity index is 921. The number of hydrogen-bond donors (Lipinski definition) is 1. The largest absolute Gasteiger partial charge is 0.616 e. The third kappa shape index (κ3) is 5.01. The second-order valence-corrected chi connectivity index (χ2v) is 17.5. The van der Waals surface area contributed by atoms with Crippen LogP contribution in [0.3, 0.4) is 0 Å². The lowest BCUT2D eigenvalue weighted by Crippen LogP contribution is -2.63. The van der Waals surface area contributed by atoms with E-state index in [2.05, 4.69) is 37.9 Å². The van der Waals surface area contributed by atoms with Gasteiger partial charge in [0.1, 0.15) is 17.6 Å². The second kappa shape index (κ2) is 11.3. The lowest BCUT2D eigenvalue weighted by atomic mass is 9.40. The highest BCUT2D eigenvalue weighted by Crippen LogP contribution is 2.68. The van der Waals surface area contributed by atoms with Crippen LogP contribution in [0.2, 0.25) is 0 Å². The van der Waals surface area contributed by atoms with E-state index in [0.717, 1.165) is 67.2 Å². The van der Waals surface area contributed by atoms with Gasteiger partial charge in [-0.05, 0) is 112 Å². The van der Waals surface area contributed by atoms with Crippen molar-refractivity contribution in [2.45, 2.75) is 129 Å². The first-order chi connectivity index (χ1) is 19.1. The number of nitrogens with one attached hydrogen (secondary N) is 1. The molecule has 0 aromatic rings. The average molecular weight is 575 g/mol. The van der Waals surface area contributed by atoms with Crippen LogP contribution in [0.15, 0.2) is 0 Å². The molecule has 40 heavy (non-hydrogen) atoms. The van der Waals surface area contributed by atoms with Gasteiger partial charge in [-0.1, -0.05) is 45.3 Å². The molecule has 10 unspecified atom stereocenters. The summed E-state index contributed by atoms with van der Waals surface area (Å²) in [5.41, 5.74) is 0.824. The average Bonchev–Trinajstić information content (AvgIpc) is 3.36. The van der Waals surface area contributed by atoms with Gasteiger partial charge >= 0.3 is 5.97 Å². The minimum atomic E-state index is -0.598. The lowest BCUT2D eigenvalue weighted by molar-refractivity contribution is -0.195. The van der Waals surface area contributed by atoms with Crippen molar-refractivity contribution in [3.63, 3.8) is 0 Å². The molecule has 5 saturated carbocycles. The highest BCUT2D eigenvalue weighted by Gasteiger charge is 2.63. The number of carbonyl (C=O) groups is 1. The fourth-order valence-electron chi connectivity index (χ4n) is 12.2. The molecule has 6 heteroatoms. The van der Waals surface area contributed by atoms with Crippen LogP contribution in [-0.2, 0) is 20.7 Å². The zero-order chi connectivity index (χ0) is 28.3. The molecule has 5 aliphatic carbocycles. The SMILES string of the molecule is CCC(CNC12CCCC1C1CCC3C(CCC4C(C)(C)C(OC(C)=O)CCC34C)C1CC2)N1CC[S+]([O-])CC1. The number of carbonyl (C=O) groups excluding carboxylic acids is 1. The summed E-state index contributed by atoms with van der Waals surface area (Å²) >= 11 is -0.598. The molecule has 6 rings (SSSR count). The van der Waals surface area contributed by atoms with Gasteiger partial charge in [0.05, 0.1) is 0 Å². The van der Waals surface area contributed by atoms with E-state index in [1.807, 2.05) is 0 Å². The van der Waals surface area contributed by atoms with Gasteiger partial charge in [-0.2, -0.15) is 0 Å². The molecule has 1 N–H and O–H groups in total. The molecule has 6 aliphatic rings. The van der Waals surface area contributed by atoms with Crippen molar-refractivity contribution in [1.82, 2.24) is 10.2 Å². The Morgan fingerprint density at radius 3 is 2.40 bits per heavy atom. The summed E-state index contributed by atoms with van der Waals surface area (Å²) in [5.74, 6) is 6.71. The maximum Gasteiger partial charge on any atom is 0.302 e. The highest BCUT2D eigenvalue weighted by molar-refractivity contribution is 7.91. The monoisotopic (exact) mass is 574 g/mol. The highest BCUT2D eigenvalue weighted by atomic mass is 32.2. The molecule has 1 heterocycles. The van der Waals surface area contributed by atoms with Gasteiger partial charge in [-0.15, -0.1) is 0 Å². The Morgan fingerprint density at radius 2 is 1.68 bits per heavy atom. The Balaban J connectivity index is 1.14. The molecule has 0 spiro atoms. The number of rotatable bonds is 6. The molecule has 228 valence electrons. The lowest BCUT2D eigenvalue weighted by Gasteiger charge is -2.65. The molecule has 0 bridgehead atoms. The quantitative estimate of drug-likeness (QED) is 0.303. The summed E-state index contributed by atoms with van der Waals surface area (Å²) in [7, 11) is 0. The van der Waals surface area contributed by atoms with Crippen LogP contribution < -0.4 is 5.32 Å². The Kier molecular flexibility index (Phi) is 8.42. The molecular formula is C34H58N2O3S. The van der Waals surface area contributed by atoms with E-state index in [1.165, 1.54) is 70.6 Å². The number of hydrogen-bond acceptors (Lipinski definition) is 5. The Labute approximate surface area is 247 Å². The maximum atomic E-state index is 11.9. The molecule has 1 saturated heterocycles. The third-order valence-electron chi connectivity index (χ3n) is 14.0. The predicted octanol–water partition coefficient (Wildman–Crippen LogP) is 6.18. The van der Waals surface area contributed by atoms with Crippen LogP contribution in [-0.4, -0.2) is 64.2 Å². The van der Waals surface area contributed by atoms with Crippen molar-refractivity contribution in [2.75, 3.05) is 31.1 Å². The van der Waals surface area contributed by atoms with Gasteiger partial charge in [0, 0.05) is 43.6 Å². The number of ether oxygens (including phenoxy) is 1. The number of fused-ring (bicyclic) bond motifs is 7. The van der Waals surface area contributed by atoms with Crippen molar-refractivity contribution >= 4 is 17.1 Å². The van der Waals surface area contributed by atoms with E-state index in [4.69, 9.17) is 4.74 Å². The summed E-state index contributed by atoms with van der Waals surface area (Å²) in [4.78, 5) is 14.5. The van der Waals surface area contributed by atoms with E-state index in [0.29, 0.717) is 22.9 Å². The van der Waals surface area contributed by atoms with Crippen molar-refractivity contribution in [2.24, 2.45) is 46.3 Å². The van der Waals surface area contributed by atoms with Crippen molar-refractivity contribution < 1.29 is 14.1 Å². The van der Waals surface area contributed by atoms with Crippen LogP contribution in [0.25, 0.3) is 0 Å². The summed E-state index contributed by atoms with van der Waals surface area (Å²) in [5, 5.41) is 4.29. The topological polar surface area (TPSA) is 64.6 Å². The minimum Gasteiger partial charge on any atom is -0.616 e. The van der Waals surface area contributed by atoms with Crippen LogP contribution in [0.5, 0.6) is 0 Å². The molecule has 6 fully saturated rings. The van der Waals surface area contributed by atoms with Crippen LogP contribution in [0, 0.1) is 46.3 Å². The van der Waals surface area contributed by atoms with E-state index < -0.39 is 11.2 Å². The minimum absolute atomic E-state index is 0.0663. The Morgan fingerprint density at radius 1 is 0.950 bits per heavy atom. The summed E-state index contributed by atoms with van der Waals surface area (Å²) in [6.45, 7) is 14.5. The fourth-order valence-corrected chi connectivity index (χ4v) is 13.3. The Hall–Kier alpha value is -0.300. The van der Waals surface area contributed by atoms with Gasteiger partial charge < -0.3 is 14.6 Å². The van der Waals surface area contributed by atoms with Crippen molar-refractivity contribution in [3.05, 3.63) is 0 Å². The standard InChI is InChI=1S/C34H58N2O3S/c1-6-24(36-18-20-40(38)21-19-36)22-35-34-15-7-8-29(34)27-9-11-28-26(25(27)13-17-34)10-12-30-32(3,4)31(39-23(2)37)14-16-33(28,30)5/h24-31,35H,6-22H2,1-5H3. The predicted molar refractivity (Wildman–Crippen MR) is 163 cm³/mol. The fraction of sp³-hybridized carbons (Fsp3) is 0.971. The first kappa shape index (κ1) is 29.8. The summed E-state index contributed by atoms with van der Waals surface area (Å²) in [6, 6.07) is 0.585. The third-order valence-corrected chi connectivity index (χ3v) is 15.3. The van der Waals surface area contributed by atoms with Crippen molar-refractivity contribution in [3.8, 4) is 0 Å². The van der Waals surface area contributed by atoms with Gasteiger partial charge in [-0.25, -0.2) is 0 Å². The van der Waals surface area contributed by atoms with E-state index in [9.17, 15) is 9.35 Å².